The summed E-state index contributed by atoms with van der Waals surface area (Å²) in [6.07, 6.45) is 1.38. The lowest BCUT2D eigenvalue weighted by Crippen LogP contribution is -2.58. The van der Waals surface area contributed by atoms with Gasteiger partial charge in [0.1, 0.15) is 5.60 Å². The number of hydrogen-bond acceptors (Lipinski definition) is 4. The summed E-state index contributed by atoms with van der Waals surface area (Å²) in [6.45, 7) is 8.94. The van der Waals surface area contributed by atoms with Crippen molar-refractivity contribution >= 4 is 17.8 Å². The van der Waals surface area contributed by atoms with Crippen molar-refractivity contribution < 1.29 is 14.3 Å². The highest BCUT2D eigenvalue weighted by atomic mass is 16.6. The zero-order valence-electron chi connectivity index (χ0n) is 16.5. The monoisotopic (exact) mass is 372 g/mol. The van der Waals surface area contributed by atoms with Crippen LogP contribution in [0.1, 0.15) is 46.1 Å². The van der Waals surface area contributed by atoms with Gasteiger partial charge >= 0.3 is 12.1 Å². The Morgan fingerprint density at radius 3 is 2.48 bits per heavy atom. The van der Waals surface area contributed by atoms with E-state index in [1.54, 1.807) is 34.1 Å². The predicted molar refractivity (Wildman–Crippen MR) is 103 cm³/mol. The second kappa shape index (κ2) is 8.76. The number of urea groups is 1. The molecule has 7 heteroatoms. The van der Waals surface area contributed by atoms with Crippen molar-refractivity contribution in [3.05, 3.63) is 29.8 Å². The molecule has 1 saturated heterocycles. The molecule has 2 rings (SSSR count). The number of amides is 3. The maximum atomic E-state index is 12.7. The minimum absolute atomic E-state index is 0.0605. The molecule has 1 aromatic carbocycles. The van der Waals surface area contributed by atoms with E-state index in [1.165, 1.54) is 0 Å². The summed E-state index contributed by atoms with van der Waals surface area (Å²) in [7, 11) is 0. The number of hydrogen-bond donors (Lipinski definition) is 1. The third-order valence-corrected chi connectivity index (χ3v) is 4.28. The first kappa shape index (κ1) is 20.6. The van der Waals surface area contributed by atoms with Crippen LogP contribution in [-0.4, -0.2) is 53.2 Å². The van der Waals surface area contributed by atoms with Crippen LogP contribution < -0.4 is 5.32 Å². The van der Waals surface area contributed by atoms with Crippen LogP contribution in [0.25, 0.3) is 0 Å². The number of carbonyl (C=O) groups excluding carboxylic acids is 2. The molecule has 1 aliphatic rings. The van der Waals surface area contributed by atoms with Crippen LogP contribution in [0, 0.1) is 11.3 Å². The van der Waals surface area contributed by atoms with Gasteiger partial charge in [-0.05, 0) is 51.5 Å². The Hall–Kier alpha value is -2.75. The normalized spacial score (nSPS) is 17.2. The number of piperazine rings is 1. The average Bonchev–Trinajstić information content (AvgIpc) is 2.61. The van der Waals surface area contributed by atoms with Crippen LogP contribution in [-0.2, 0) is 4.74 Å². The second-order valence-corrected chi connectivity index (χ2v) is 7.68. The van der Waals surface area contributed by atoms with Crippen LogP contribution in [0.2, 0.25) is 0 Å². The minimum Gasteiger partial charge on any atom is -0.444 e. The molecular weight excluding hydrogens is 344 g/mol. The second-order valence-electron chi connectivity index (χ2n) is 7.68. The smallest absolute Gasteiger partial charge is 0.410 e. The van der Waals surface area contributed by atoms with E-state index in [4.69, 9.17) is 10.00 Å². The predicted octanol–water partition coefficient (Wildman–Crippen LogP) is 3.81. The Morgan fingerprint density at radius 2 is 1.93 bits per heavy atom. The SMILES string of the molecule is CCC[C@H]1CN(C(=O)OC(C)(C)C)CCN1C(=O)Nc1ccc(C#N)cc1. The first-order chi connectivity index (χ1) is 12.7. The Bertz CT molecular complexity index is 703. The van der Waals surface area contributed by atoms with Gasteiger partial charge in [0.2, 0.25) is 0 Å². The lowest BCUT2D eigenvalue weighted by molar-refractivity contribution is 0.00899. The van der Waals surface area contributed by atoms with Gasteiger partial charge in [0, 0.05) is 25.3 Å². The van der Waals surface area contributed by atoms with Gasteiger partial charge in [-0.15, -0.1) is 0 Å². The number of benzene rings is 1. The van der Waals surface area contributed by atoms with Crippen LogP contribution in [0.3, 0.4) is 0 Å². The van der Waals surface area contributed by atoms with E-state index in [1.807, 2.05) is 20.8 Å². The van der Waals surface area contributed by atoms with Gasteiger partial charge in [-0.25, -0.2) is 9.59 Å². The third kappa shape index (κ3) is 5.88. The van der Waals surface area contributed by atoms with E-state index in [0.29, 0.717) is 30.9 Å². The lowest BCUT2D eigenvalue weighted by atomic mass is 10.1. The topological polar surface area (TPSA) is 85.7 Å². The number of carbonyl (C=O) groups is 2. The largest absolute Gasteiger partial charge is 0.444 e. The van der Waals surface area contributed by atoms with Gasteiger partial charge in [0.15, 0.2) is 0 Å². The van der Waals surface area contributed by atoms with E-state index in [2.05, 4.69) is 18.3 Å². The highest BCUT2D eigenvalue weighted by molar-refractivity contribution is 5.89. The van der Waals surface area contributed by atoms with Gasteiger partial charge in [-0.2, -0.15) is 5.26 Å². The van der Waals surface area contributed by atoms with Crippen molar-refractivity contribution in [2.24, 2.45) is 0 Å². The Balaban J connectivity index is 2.02. The van der Waals surface area contributed by atoms with Crippen LogP contribution >= 0.6 is 0 Å². The molecule has 1 atom stereocenters. The van der Waals surface area contributed by atoms with Crippen molar-refractivity contribution in [1.29, 1.82) is 5.26 Å². The van der Waals surface area contributed by atoms with Crippen LogP contribution in [0.15, 0.2) is 24.3 Å². The lowest BCUT2D eigenvalue weighted by Gasteiger charge is -2.41. The molecular formula is C20H28N4O3. The van der Waals surface area contributed by atoms with Crippen LogP contribution in [0.5, 0.6) is 0 Å². The molecule has 146 valence electrons. The molecule has 0 aliphatic carbocycles. The highest BCUT2D eigenvalue weighted by Crippen LogP contribution is 2.19. The first-order valence-electron chi connectivity index (χ1n) is 9.29. The molecule has 0 bridgehead atoms. The summed E-state index contributed by atoms with van der Waals surface area (Å²) in [5.41, 5.74) is 0.646. The third-order valence-electron chi connectivity index (χ3n) is 4.28. The molecule has 0 unspecified atom stereocenters. The molecule has 7 nitrogen and oxygen atoms in total. The fourth-order valence-corrected chi connectivity index (χ4v) is 3.02. The summed E-state index contributed by atoms with van der Waals surface area (Å²) in [4.78, 5) is 28.5. The summed E-state index contributed by atoms with van der Waals surface area (Å²) in [5.74, 6) is 0. The van der Waals surface area contributed by atoms with Crippen molar-refractivity contribution in [2.75, 3.05) is 25.0 Å². The fourth-order valence-electron chi connectivity index (χ4n) is 3.02. The maximum Gasteiger partial charge on any atom is 0.410 e. The van der Waals surface area contributed by atoms with Crippen molar-refractivity contribution in [1.82, 2.24) is 9.80 Å². The minimum atomic E-state index is -0.540. The summed E-state index contributed by atoms with van der Waals surface area (Å²) < 4.78 is 5.46. The van der Waals surface area contributed by atoms with E-state index >= 15 is 0 Å². The number of nitrogens with zero attached hydrogens (tertiary/aromatic N) is 3. The summed E-state index contributed by atoms with van der Waals surface area (Å²) in [5, 5.41) is 11.7. The van der Waals surface area contributed by atoms with Gasteiger partial charge in [-0.1, -0.05) is 13.3 Å². The summed E-state index contributed by atoms with van der Waals surface area (Å²) >= 11 is 0. The number of nitriles is 1. The molecule has 1 fully saturated rings. The first-order valence-corrected chi connectivity index (χ1v) is 9.29. The quantitative estimate of drug-likeness (QED) is 0.874. The number of rotatable bonds is 3. The van der Waals surface area contributed by atoms with E-state index < -0.39 is 5.60 Å². The van der Waals surface area contributed by atoms with Crippen molar-refractivity contribution in [2.45, 2.75) is 52.2 Å². The molecule has 0 spiro atoms. The van der Waals surface area contributed by atoms with Crippen molar-refractivity contribution in [3.8, 4) is 6.07 Å². The Morgan fingerprint density at radius 1 is 1.26 bits per heavy atom. The molecule has 1 aliphatic heterocycles. The molecule has 3 amide bonds. The molecule has 27 heavy (non-hydrogen) atoms. The zero-order chi connectivity index (χ0) is 20.0. The molecule has 1 N–H and O–H groups in total. The number of anilines is 1. The average molecular weight is 372 g/mol. The summed E-state index contributed by atoms with van der Waals surface area (Å²) in [6, 6.07) is 8.55. The van der Waals surface area contributed by atoms with E-state index in [-0.39, 0.29) is 18.2 Å². The van der Waals surface area contributed by atoms with E-state index in [9.17, 15) is 9.59 Å². The van der Waals surface area contributed by atoms with Crippen LogP contribution in [0.4, 0.5) is 15.3 Å². The van der Waals surface area contributed by atoms with E-state index in [0.717, 1.165) is 12.8 Å². The Kier molecular flexibility index (Phi) is 6.67. The molecule has 0 saturated carbocycles. The molecule has 1 aromatic rings. The molecule has 0 radical (unpaired) electrons. The number of ether oxygens (including phenoxy) is 1. The van der Waals surface area contributed by atoms with Gasteiger partial charge in [0.25, 0.3) is 0 Å². The fraction of sp³-hybridized carbons (Fsp3) is 0.550. The van der Waals surface area contributed by atoms with Crippen molar-refractivity contribution in [3.63, 3.8) is 0 Å². The Labute approximate surface area is 160 Å². The maximum absolute atomic E-state index is 12.7. The standard InChI is InChI=1S/C20H28N4O3/c1-5-6-17-14-23(19(26)27-20(2,3)4)11-12-24(17)18(25)22-16-9-7-15(13-21)8-10-16/h7-10,17H,5-6,11-12,14H2,1-4H3,(H,22,25)/t17-/m0/s1. The molecule has 0 aromatic heterocycles. The highest BCUT2D eigenvalue weighted by Gasteiger charge is 2.33. The molecule has 1 heterocycles. The van der Waals surface area contributed by atoms with Gasteiger partial charge in [0.05, 0.1) is 17.7 Å². The van der Waals surface area contributed by atoms with Gasteiger partial charge < -0.3 is 19.9 Å². The zero-order valence-corrected chi connectivity index (χ0v) is 16.5. The number of nitrogens with one attached hydrogen (secondary N) is 1. The van der Waals surface area contributed by atoms with Gasteiger partial charge in [-0.3, -0.25) is 0 Å².